The van der Waals surface area contributed by atoms with Crippen LogP contribution in [0.2, 0.25) is 0 Å². The van der Waals surface area contributed by atoms with E-state index in [1.165, 1.54) is 6.07 Å². The first kappa shape index (κ1) is 23.6. The van der Waals surface area contributed by atoms with Crippen molar-refractivity contribution in [2.24, 2.45) is 12.0 Å². The predicted octanol–water partition coefficient (Wildman–Crippen LogP) is 1.77. The molecule has 31 heavy (non-hydrogen) atoms. The van der Waals surface area contributed by atoms with Gasteiger partial charge in [-0.2, -0.15) is 0 Å². The van der Waals surface area contributed by atoms with Crippen molar-refractivity contribution in [2.45, 2.75) is 44.9 Å². The number of rotatable bonds is 6. The summed E-state index contributed by atoms with van der Waals surface area (Å²) in [6, 6.07) is 3.20. The predicted molar refractivity (Wildman–Crippen MR) is 127 cm³/mol. The molecule has 2 aromatic heterocycles. The molecule has 4 rings (SSSR count). The molecule has 2 saturated heterocycles. The highest BCUT2D eigenvalue weighted by Gasteiger charge is 2.26. The van der Waals surface area contributed by atoms with Gasteiger partial charge in [-0.3, -0.25) is 0 Å². The molecule has 0 bridgehead atoms. The number of aliphatic imine (C=N–C) groups is 1. The number of guanidine groups is 1. The second-order valence-corrected chi connectivity index (χ2v) is 7.79. The number of aromatic nitrogens is 4. The lowest BCUT2D eigenvalue weighted by Gasteiger charge is -2.21. The summed E-state index contributed by atoms with van der Waals surface area (Å²) in [5, 5.41) is 15.2. The number of nitrogens with zero attached hydrogens (tertiary/aromatic N) is 6. The van der Waals surface area contributed by atoms with Gasteiger partial charge < -0.3 is 24.8 Å². The van der Waals surface area contributed by atoms with Crippen LogP contribution in [0.25, 0.3) is 0 Å². The number of ether oxygens (including phenoxy) is 1. The first-order valence-corrected chi connectivity index (χ1v) is 10.5. The molecule has 170 valence electrons. The molecular formula is C20H30FIN8O. The summed E-state index contributed by atoms with van der Waals surface area (Å²) in [7, 11) is 1.93. The normalized spacial score (nSPS) is 21.3. The molecule has 2 aliphatic heterocycles. The van der Waals surface area contributed by atoms with Crippen molar-refractivity contribution in [2.75, 3.05) is 31.1 Å². The van der Waals surface area contributed by atoms with Crippen molar-refractivity contribution >= 4 is 35.8 Å². The minimum Gasteiger partial charge on any atom is -0.376 e. The Bertz CT molecular complexity index is 886. The van der Waals surface area contributed by atoms with Gasteiger partial charge in [0.25, 0.3) is 0 Å². The Hall–Kier alpha value is -2.02. The summed E-state index contributed by atoms with van der Waals surface area (Å²) in [4.78, 5) is 10.9. The van der Waals surface area contributed by atoms with E-state index in [9.17, 15) is 4.39 Å². The summed E-state index contributed by atoms with van der Waals surface area (Å²) in [5.74, 6) is 2.48. The van der Waals surface area contributed by atoms with Gasteiger partial charge in [0.1, 0.15) is 12.4 Å². The van der Waals surface area contributed by atoms with Gasteiger partial charge in [0, 0.05) is 45.5 Å². The molecule has 11 heteroatoms. The molecule has 2 atom stereocenters. The van der Waals surface area contributed by atoms with Gasteiger partial charge in [-0.1, -0.05) is 0 Å². The molecule has 0 aromatic carbocycles. The number of hydrogen-bond donors (Lipinski definition) is 2. The molecule has 0 saturated carbocycles. The molecule has 0 aliphatic carbocycles. The third-order valence-electron chi connectivity index (χ3n) is 5.65. The monoisotopic (exact) mass is 544 g/mol. The van der Waals surface area contributed by atoms with E-state index in [1.807, 2.05) is 23.4 Å². The zero-order valence-electron chi connectivity index (χ0n) is 17.9. The van der Waals surface area contributed by atoms with E-state index >= 15 is 0 Å². The van der Waals surface area contributed by atoms with E-state index in [-0.39, 0.29) is 41.9 Å². The van der Waals surface area contributed by atoms with Gasteiger partial charge in [0.2, 0.25) is 0 Å². The van der Waals surface area contributed by atoms with E-state index in [0.717, 1.165) is 44.1 Å². The first-order chi connectivity index (χ1) is 14.6. The SMILES string of the molecule is Cc1nnc(CN=C(NCC2CCCO2)NC2CCN(c3ncccc3F)C2)n1C.I. The third kappa shape index (κ3) is 6.03. The van der Waals surface area contributed by atoms with Crippen LogP contribution in [0.5, 0.6) is 0 Å². The molecule has 9 nitrogen and oxygen atoms in total. The highest BCUT2D eigenvalue weighted by molar-refractivity contribution is 14.0. The maximum Gasteiger partial charge on any atom is 0.192 e. The molecule has 0 radical (unpaired) electrons. The fourth-order valence-electron chi connectivity index (χ4n) is 3.78. The Morgan fingerprint density at radius 1 is 1.35 bits per heavy atom. The van der Waals surface area contributed by atoms with Crippen LogP contribution in [0.15, 0.2) is 23.3 Å². The lowest BCUT2D eigenvalue weighted by Crippen LogP contribution is -2.46. The van der Waals surface area contributed by atoms with Crippen LogP contribution in [0.4, 0.5) is 10.2 Å². The number of halogens is 2. The quantitative estimate of drug-likeness (QED) is 0.326. The van der Waals surface area contributed by atoms with Crippen molar-refractivity contribution in [1.29, 1.82) is 0 Å². The Morgan fingerprint density at radius 2 is 2.23 bits per heavy atom. The Morgan fingerprint density at radius 3 is 2.94 bits per heavy atom. The fourth-order valence-corrected chi connectivity index (χ4v) is 3.78. The summed E-state index contributed by atoms with van der Waals surface area (Å²) >= 11 is 0. The van der Waals surface area contributed by atoms with Crippen LogP contribution in [-0.2, 0) is 18.3 Å². The van der Waals surface area contributed by atoms with E-state index < -0.39 is 0 Å². The largest absolute Gasteiger partial charge is 0.376 e. The van der Waals surface area contributed by atoms with Crippen LogP contribution in [0, 0.1) is 12.7 Å². The fraction of sp³-hybridized carbons (Fsp3) is 0.600. The molecule has 4 heterocycles. The van der Waals surface area contributed by atoms with Crippen molar-refractivity contribution in [3.63, 3.8) is 0 Å². The van der Waals surface area contributed by atoms with Crippen LogP contribution in [-0.4, -0.2) is 64.1 Å². The van der Waals surface area contributed by atoms with Crippen molar-refractivity contribution in [3.8, 4) is 0 Å². The molecule has 0 amide bonds. The van der Waals surface area contributed by atoms with Crippen LogP contribution < -0.4 is 15.5 Å². The number of hydrogen-bond acceptors (Lipinski definition) is 6. The van der Waals surface area contributed by atoms with E-state index in [0.29, 0.717) is 31.4 Å². The standard InChI is InChI=1S/C20H29FN8O.HI/c1-14-26-27-18(28(14)2)12-24-20(23-11-16-5-4-10-30-16)25-15-7-9-29(13-15)19-17(21)6-3-8-22-19;/h3,6,8,15-16H,4-5,7,9-13H2,1-2H3,(H2,23,24,25);1H. The average molecular weight is 544 g/mol. The average Bonchev–Trinajstić information content (AvgIpc) is 3.49. The Labute approximate surface area is 198 Å². The molecule has 2 aliphatic rings. The molecule has 2 N–H and O–H groups in total. The molecule has 2 fully saturated rings. The molecule has 2 aromatic rings. The summed E-state index contributed by atoms with van der Waals surface area (Å²) < 4.78 is 21.7. The maximum absolute atomic E-state index is 14.1. The molecule has 0 spiro atoms. The van der Waals surface area contributed by atoms with Gasteiger partial charge in [0.15, 0.2) is 23.4 Å². The Balaban J connectivity index is 0.00000272. The topological polar surface area (TPSA) is 92.5 Å². The Kier molecular flexibility index (Phi) is 8.41. The molecular weight excluding hydrogens is 514 g/mol. The first-order valence-electron chi connectivity index (χ1n) is 10.5. The highest BCUT2D eigenvalue weighted by Crippen LogP contribution is 2.20. The number of nitrogens with one attached hydrogen (secondary N) is 2. The number of pyridine rings is 1. The van der Waals surface area contributed by atoms with Crippen molar-refractivity contribution < 1.29 is 9.13 Å². The van der Waals surface area contributed by atoms with Crippen molar-refractivity contribution in [1.82, 2.24) is 30.4 Å². The van der Waals surface area contributed by atoms with Gasteiger partial charge in [-0.05, 0) is 38.3 Å². The van der Waals surface area contributed by atoms with E-state index in [1.54, 1.807) is 12.3 Å². The van der Waals surface area contributed by atoms with E-state index in [4.69, 9.17) is 9.73 Å². The summed E-state index contributed by atoms with van der Waals surface area (Å²) in [6.45, 7) is 5.26. The zero-order chi connectivity index (χ0) is 20.9. The minimum absolute atomic E-state index is 0. The number of anilines is 1. The lowest BCUT2D eigenvalue weighted by molar-refractivity contribution is 0.113. The second-order valence-electron chi connectivity index (χ2n) is 7.79. The summed E-state index contributed by atoms with van der Waals surface area (Å²) in [6.07, 6.45) is 4.85. The van der Waals surface area contributed by atoms with Gasteiger partial charge in [-0.25, -0.2) is 14.4 Å². The third-order valence-corrected chi connectivity index (χ3v) is 5.65. The lowest BCUT2D eigenvalue weighted by atomic mass is 10.2. The molecule has 2 unspecified atom stereocenters. The minimum atomic E-state index is -0.291. The van der Waals surface area contributed by atoms with Crippen molar-refractivity contribution in [3.05, 3.63) is 35.8 Å². The smallest absolute Gasteiger partial charge is 0.192 e. The van der Waals surface area contributed by atoms with Gasteiger partial charge >= 0.3 is 0 Å². The van der Waals surface area contributed by atoms with E-state index in [2.05, 4.69) is 25.8 Å². The second kappa shape index (κ2) is 11.0. The van der Waals surface area contributed by atoms with Crippen LogP contribution >= 0.6 is 24.0 Å². The van der Waals surface area contributed by atoms with Gasteiger partial charge in [0.05, 0.1) is 6.10 Å². The highest BCUT2D eigenvalue weighted by atomic mass is 127. The van der Waals surface area contributed by atoms with Gasteiger partial charge in [-0.15, -0.1) is 34.2 Å². The zero-order valence-corrected chi connectivity index (χ0v) is 20.3. The summed E-state index contributed by atoms with van der Waals surface area (Å²) in [5.41, 5.74) is 0. The maximum atomic E-state index is 14.1. The van der Waals surface area contributed by atoms with Crippen LogP contribution in [0.1, 0.15) is 30.9 Å². The number of aryl methyl sites for hydroxylation is 1. The van der Waals surface area contributed by atoms with Crippen LogP contribution in [0.3, 0.4) is 0 Å².